The molecule has 1 atom stereocenters. The van der Waals surface area contributed by atoms with E-state index in [2.05, 4.69) is 5.10 Å². The number of nitriles is 1. The Labute approximate surface area is 101 Å². The molecule has 0 aliphatic rings. The zero-order valence-electron chi connectivity index (χ0n) is 10.4. The second kappa shape index (κ2) is 5.48. The molecule has 1 unspecified atom stereocenters. The van der Waals surface area contributed by atoms with Gasteiger partial charge in [0.15, 0.2) is 5.41 Å². The van der Waals surface area contributed by atoms with Gasteiger partial charge >= 0.3 is 5.97 Å². The number of rotatable bonds is 5. The Morgan fingerprint density at radius 1 is 1.71 bits per heavy atom. The van der Waals surface area contributed by atoms with E-state index in [4.69, 9.17) is 10.00 Å². The number of hydrogen-bond acceptors (Lipinski definition) is 4. The summed E-state index contributed by atoms with van der Waals surface area (Å²) in [6.45, 7) is 3.64. The first-order valence-corrected chi connectivity index (χ1v) is 5.58. The van der Waals surface area contributed by atoms with Crippen LogP contribution in [0.5, 0.6) is 0 Å². The van der Waals surface area contributed by atoms with Crippen molar-refractivity contribution in [1.82, 2.24) is 9.78 Å². The van der Waals surface area contributed by atoms with Crippen LogP contribution in [0.4, 0.5) is 0 Å². The molecule has 1 aromatic heterocycles. The number of aryl methyl sites for hydroxylation is 2. The highest BCUT2D eigenvalue weighted by Crippen LogP contribution is 2.24. The van der Waals surface area contributed by atoms with Gasteiger partial charge in [0.2, 0.25) is 0 Å². The first-order valence-electron chi connectivity index (χ1n) is 5.58. The van der Waals surface area contributed by atoms with Crippen molar-refractivity contribution in [2.24, 2.45) is 12.5 Å². The number of carbonyl (C=O) groups excluding carboxylic acids is 1. The third-order valence-corrected chi connectivity index (χ3v) is 2.64. The normalized spacial score (nSPS) is 13.8. The minimum atomic E-state index is -1.08. The lowest BCUT2D eigenvalue weighted by molar-refractivity contribution is -0.151. The zero-order chi connectivity index (χ0) is 12.9. The highest BCUT2D eigenvalue weighted by atomic mass is 16.5. The predicted molar refractivity (Wildman–Crippen MR) is 61.9 cm³/mol. The molecule has 0 saturated heterocycles. The van der Waals surface area contributed by atoms with Crippen LogP contribution >= 0.6 is 0 Å². The van der Waals surface area contributed by atoms with Gasteiger partial charge in [-0.05, 0) is 32.3 Å². The van der Waals surface area contributed by atoms with Gasteiger partial charge in [0, 0.05) is 13.2 Å². The minimum Gasteiger partial charge on any atom is -0.465 e. The molecule has 0 saturated carbocycles. The van der Waals surface area contributed by atoms with E-state index in [1.165, 1.54) is 0 Å². The molecule has 0 radical (unpaired) electrons. The molecule has 92 valence electrons. The number of aromatic nitrogens is 2. The molecule has 0 amide bonds. The maximum absolute atomic E-state index is 11.7. The van der Waals surface area contributed by atoms with Crippen molar-refractivity contribution in [2.45, 2.75) is 26.7 Å². The Morgan fingerprint density at radius 3 is 2.88 bits per heavy atom. The van der Waals surface area contributed by atoms with Crippen LogP contribution in [0, 0.1) is 16.7 Å². The van der Waals surface area contributed by atoms with Crippen LogP contribution in [0.1, 0.15) is 25.8 Å². The Hall–Kier alpha value is -1.83. The van der Waals surface area contributed by atoms with Gasteiger partial charge in [0.05, 0.1) is 18.9 Å². The summed E-state index contributed by atoms with van der Waals surface area (Å²) in [7, 11) is 1.83. The van der Waals surface area contributed by atoms with E-state index < -0.39 is 11.4 Å². The van der Waals surface area contributed by atoms with E-state index in [9.17, 15) is 4.79 Å². The van der Waals surface area contributed by atoms with Crippen LogP contribution < -0.4 is 0 Å². The molecule has 5 nitrogen and oxygen atoms in total. The van der Waals surface area contributed by atoms with Crippen LogP contribution in [0.3, 0.4) is 0 Å². The molecule has 1 aromatic rings. The van der Waals surface area contributed by atoms with Crippen LogP contribution in [0.2, 0.25) is 0 Å². The van der Waals surface area contributed by atoms with Crippen molar-refractivity contribution in [3.8, 4) is 6.07 Å². The van der Waals surface area contributed by atoms with E-state index in [1.54, 1.807) is 24.7 Å². The summed E-state index contributed by atoms with van der Waals surface area (Å²) in [5.41, 5.74) is -0.0652. The summed E-state index contributed by atoms with van der Waals surface area (Å²) in [6.07, 6.45) is 4.69. The van der Waals surface area contributed by atoms with Crippen molar-refractivity contribution in [1.29, 1.82) is 5.26 Å². The SMILES string of the molecule is CCOC(=O)C(C)(C#N)CCc1cnn(C)c1. The molecule has 1 rings (SSSR count). The van der Waals surface area contributed by atoms with Gasteiger partial charge in [0.25, 0.3) is 0 Å². The van der Waals surface area contributed by atoms with Crippen molar-refractivity contribution in [3.05, 3.63) is 18.0 Å². The van der Waals surface area contributed by atoms with E-state index in [0.717, 1.165) is 5.56 Å². The number of esters is 1. The fraction of sp³-hybridized carbons (Fsp3) is 0.583. The van der Waals surface area contributed by atoms with Gasteiger partial charge in [-0.1, -0.05) is 0 Å². The number of hydrogen-bond donors (Lipinski definition) is 0. The van der Waals surface area contributed by atoms with Gasteiger partial charge in [0.1, 0.15) is 0 Å². The molecule has 0 bridgehead atoms. The average molecular weight is 235 g/mol. The molecule has 0 aliphatic carbocycles. The Kier molecular flexibility index (Phi) is 4.27. The van der Waals surface area contributed by atoms with E-state index in [1.807, 2.05) is 19.3 Å². The van der Waals surface area contributed by atoms with Gasteiger partial charge in [-0.25, -0.2) is 0 Å². The summed E-state index contributed by atoms with van der Waals surface area (Å²) >= 11 is 0. The Balaban J connectivity index is 2.64. The van der Waals surface area contributed by atoms with Crippen molar-refractivity contribution >= 4 is 5.97 Å². The third kappa shape index (κ3) is 3.31. The first-order chi connectivity index (χ1) is 8.01. The summed E-state index contributed by atoms with van der Waals surface area (Å²) in [6, 6.07) is 2.04. The summed E-state index contributed by atoms with van der Waals surface area (Å²) in [4.78, 5) is 11.7. The van der Waals surface area contributed by atoms with Gasteiger partial charge in [-0.2, -0.15) is 10.4 Å². The number of nitrogens with zero attached hydrogens (tertiary/aromatic N) is 3. The standard InChI is InChI=1S/C12H17N3O2/c1-4-17-11(16)12(2,9-13)6-5-10-7-14-15(3)8-10/h7-8H,4-6H2,1-3H3. The molecule has 0 N–H and O–H groups in total. The summed E-state index contributed by atoms with van der Waals surface area (Å²) < 4.78 is 6.61. The van der Waals surface area contributed by atoms with E-state index >= 15 is 0 Å². The minimum absolute atomic E-state index is 0.295. The van der Waals surface area contributed by atoms with Gasteiger partial charge in [-0.15, -0.1) is 0 Å². The van der Waals surface area contributed by atoms with Crippen LogP contribution in [-0.4, -0.2) is 22.4 Å². The van der Waals surface area contributed by atoms with Crippen molar-refractivity contribution in [3.63, 3.8) is 0 Å². The second-order valence-electron chi connectivity index (χ2n) is 4.19. The number of ether oxygens (including phenoxy) is 1. The molecule has 1 heterocycles. The molecule has 0 aromatic carbocycles. The second-order valence-corrected chi connectivity index (χ2v) is 4.19. The molecule has 0 fully saturated rings. The topological polar surface area (TPSA) is 67.9 Å². The largest absolute Gasteiger partial charge is 0.465 e. The van der Waals surface area contributed by atoms with Crippen molar-refractivity contribution < 1.29 is 9.53 Å². The van der Waals surface area contributed by atoms with Crippen LogP contribution in [0.25, 0.3) is 0 Å². The Morgan fingerprint density at radius 2 is 2.41 bits per heavy atom. The lowest BCUT2D eigenvalue weighted by Crippen LogP contribution is -2.29. The van der Waals surface area contributed by atoms with Gasteiger partial charge < -0.3 is 4.74 Å². The first kappa shape index (κ1) is 13.2. The fourth-order valence-electron chi connectivity index (χ4n) is 1.49. The molecule has 17 heavy (non-hydrogen) atoms. The molecule has 0 spiro atoms. The molecular formula is C12H17N3O2. The smallest absolute Gasteiger partial charge is 0.326 e. The number of carbonyl (C=O) groups is 1. The van der Waals surface area contributed by atoms with Crippen LogP contribution in [0.15, 0.2) is 12.4 Å². The van der Waals surface area contributed by atoms with E-state index in [0.29, 0.717) is 19.4 Å². The van der Waals surface area contributed by atoms with Gasteiger partial charge in [-0.3, -0.25) is 9.48 Å². The predicted octanol–water partition coefficient (Wildman–Crippen LogP) is 1.45. The van der Waals surface area contributed by atoms with E-state index in [-0.39, 0.29) is 0 Å². The monoisotopic (exact) mass is 235 g/mol. The zero-order valence-corrected chi connectivity index (χ0v) is 10.4. The maximum atomic E-state index is 11.7. The average Bonchev–Trinajstić information content (AvgIpc) is 2.72. The molecule has 5 heteroatoms. The molecular weight excluding hydrogens is 218 g/mol. The van der Waals surface area contributed by atoms with Crippen molar-refractivity contribution in [2.75, 3.05) is 6.61 Å². The Bertz CT molecular complexity index is 433. The fourth-order valence-corrected chi connectivity index (χ4v) is 1.49. The molecule has 0 aliphatic heterocycles. The summed E-state index contributed by atoms with van der Waals surface area (Å²) in [5, 5.41) is 13.1. The quantitative estimate of drug-likeness (QED) is 0.724. The highest BCUT2D eigenvalue weighted by molar-refractivity contribution is 5.79. The van der Waals surface area contributed by atoms with Crippen LogP contribution in [-0.2, 0) is 23.0 Å². The summed E-state index contributed by atoms with van der Waals surface area (Å²) in [5.74, 6) is -0.452. The lowest BCUT2D eigenvalue weighted by Gasteiger charge is -2.18. The lowest BCUT2D eigenvalue weighted by atomic mass is 9.86. The third-order valence-electron chi connectivity index (χ3n) is 2.64. The maximum Gasteiger partial charge on any atom is 0.326 e. The highest BCUT2D eigenvalue weighted by Gasteiger charge is 2.34.